The molecule has 354 valence electrons. The molecule has 6 bridgehead atoms. The molecule has 0 saturated carbocycles. The molecule has 4 rings (SSSR count). The number of cyclic esters (lactones) is 1. The van der Waals surface area contributed by atoms with Gasteiger partial charge in [-0.15, -0.1) is 0 Å². The number of carbonyl (C=O) groups excluding carboxylic acids is 5. The third-order valence-electron chi connectivity index (χ3n) is 12.6. The molecule has 1 unspecified atom stereocenters. The average molecular weight is 891 g/mol. The van der Waals surface area contributed by atoms with E-state index in [1.165, 1.54) is 46.3 Å². The lowest BCUT2D eigenvalue weighted by Gasteiger charge is -2.53. The second-order valence-electron chi connectivity index (χ2n) is 18.5. The Kier molecular flexibility index (Phi) is 18.7. The van der Waals surface area contributed by atoms with E-state index in [4.69, 9.17) is 37.9 Å². The molecule has 0 amide bonds. The monoisotopic (exact) mass is 890 g/mol. The van der Waals surface area contributed by atoms with Crippen LogP contribution in [0.2, 0.25) is 0 Å². The molecule has 0 aromatic heterocycles. The van der Waals surface area contributed by atoms with Crippen LogP contribution in [-0.4, -0.2) is 126 Å². The standard InChI is InChI=1S/C47H70O16/c1-10-11-12-13-14-15-40(51)62-44-31(22-42(53)57-9)21-36-25-37(28(2)48)61-43(54)24-32(50)23-35-27-38(58-29(3)49)46(6,7)39(60-35)26-34-19-30(20-41(52)56-8)18-33(59-34)16-17-45(4,5)47(44,55)63-36/h12-17,20,28,31-39,44,48,50,55H,10-11,18-19,21-27H2,1-9H3/b13-12+,15-14+,17-16+,30-20+/t28-,31-,32+,33-,34-,35+,36+,37?,38-,39-,44-,47+/m0/s1. The summed E-state index contributed by atoms with van der Waals surface area (Å²) in [7, 11) is 2.51. The fraction of sp³-hybridized carbons (Fsp3) is 0.723. The maximum Gasteiger partial charge on any atom is 0.331 e. The number of methoxy groups -OCH3 is 2. The molecule has 3 saturated heterocycles. The fourth-order valence-electron chi connectivity index (χ4n) is 8.92. The van der Waals surface area contributed by atoms with Gasteiger partial charge in [-0.25, -0.2) is 9.59 Å². The lowest BCUT2D eigenvalue weighted by Crippen LogP contribution is -2.64. The van der Waals surface area contributed by atoms with Gasteiger partial charge in [0, 0.05) is 61.5 Å². The van der Waals surface area contributed by atoms with Gasteiger partial charge in [-0.1, -0.05) is 77.0 Å². The number of rotatable bonds is 10. The molecule has 3 fully saturated rings. The zero-order chi connectivity index (χ0) is 46.7. The number of aliphatic hydroxyl groups is 3. The average Bonchev–Trinajstić information content (AvgIpc) is 3.19. The molecule has 0 aliphatic carbocycles. The van der Waals surface area contributed by atoms with Gasteiger partial charge in [-0.3, -0.25) is 14.4 Å². The highest BCUT2D eigenvalue weighted by Crippen LogP contribution is 2.49. The van der Waals surface area contributed by atoms with Crippen molar-refractivity contribution in [2.24, 2.45) is 16.7 Å². The molecule has 12 atom stereocenters. The molecule has 4 heterocycles. The SMILES string of the molecule is CCC/C=C/C=C/C(=O)O[C@H]1[C@H](CC(=O)OC)C[C@@H]2CC([C@H](C)O)OC(=O)C[C@H](O)C[C@@H]3C[C@H](OC(C)=O)C(C)(C)[C@H](C[C@@H]4C/C(=C/C(=O)OC)C[C@H](/C=C/C(C)(C)[C@]1(O)O2)O4)O3. The van der Waals surface area contributed by atoms with Gasteiger partial charge in [-0.05, 0) is 32.6 Å². The summed E-state index contributed by atoms with van der Waals surface area (Å²) < 4.78 is 47.5. The molecule has 4 aliphatic heterocycles. The van der Waals surface area contributed by atoms with Crippen LogP contribution in [0.1, 0.15) is 119 Å². The first-order chi connectivity index (χ1) is 29.6. The van der Waals surface area contributed by atoms with Gasteiger partial charge in [-0.2, -0.15) is 0 Å². The number of ether oxygens (including phenoxy) is 8. The van der Waals surface area contributed by atoms with E-state index in [2.05, 4.69) is 0 Å². The summed E-state index contributed by atoms with van der Waals surface area (Å²) in [5.41, 5.74) is -1.43. The first kappa shape index (κ1) is 51.7. The molecule has 0 radical (unpaired) electrons. The van der Waals surface area contributed by atoms with Gasteiger partial charge in [0.2, 0.25) is 5.79 Å². The van der Waals surface area contributed by atoms with Gasteiger partial charge in [0.05, 0.1) is 69.8 Å². The van der Waals surface area contributed by atoms with Crippen LogP contribution in [0.25, 0.3) is 0 Å². The largest absolute Gasteiger partial charge is 0.469 e. The number of allylic oxidation sites excluding steroid dienone is 3. The van der Waals surface area contributed by atoms with Crippen molar-refractivity contribution < 1.29 is 77.2 Å². The first-order valence-electron chi connectivity index (χ1n) is 22.1. The van der Waals surface area contributed by atoms with Crippen molar-refractivity contribution in [2.75, 3.05) is 14.2 Å². The number of hydrogen-bond acceptors (Lipinski definition) is 16. The van der Waals surface area contributed by atoms with Gasteiger partial charge in [0.25, 0.3) is 0 Å². The predicted octanol–water partition coefficient (Wildman–Crippen LogP) is 5.04. The highest BCUT2D eigenvalue weighted by Gasteiger charge is 2.59. The maximum atomic E-state index is 13.4. The minimum absolute atomic E-state index is 0.00342. The second-order valence-corrected chi connectivity index (χ2v) is 18.5. The van der Waals surface area contributed by atoms with Crippen LogP contribution < -0.4 is 0 Å². The van der Waals surface area contributed by atoms with Crippen LogP contribution in [0.15, 0.2) is 48.1 Å². The Labute approximate surface area is 371 Å². The van der Waals surface area contributed by atoms with E-state index >= 15 is 0 Å². The van der Waals surface area contributed by atoms with Crippen LogP contribution in [0.5, 0.6) is 0 Å². The third kappa shape index (κ3) is 14.3. The Balaban J connectivity index is 1.85. The van der Waals surface area contributed by atoms with Crippen molar-refractivity contribution in [3.8, 4) is 0 Å². The van der Waals surface area contributed by atoms with Crippen LogP contribution in [0.3, 0.4) is 0 Å². The van der Waals surface area contributed by atoms with E-state index in [0.717, 1.165) is 18.4 Å². The molecular weight excluding hydrogens is 821 g/mol. The van der Waals surface area contributed by atoms with Crippen molar-refractivity contribution >= 4 is 29.8 Å². The van der Waals surface area contributed by atoms with E-state index in [-0.39, 0.29) is 44.9 Å². The van der Waals surface area contributed by atoms with Gasteiger partial charge >= 0.3 is 29.8 Å². The first-order valence-corrected chi connectivity index (χ1v) is 22.1. The topological polar surface area (TPSA) is 220 Å². The number of unbranched alkanes of at least 4 members (excludes halogenated alkanes) is 1. The Morgan fingerprint density at radius 1 is 0.905 bits per heavy atom. The number of hydrogen-bond donors (Lipinski definition) is 3. The highest BCUT2D eigenvalue weighted by molar-refractivity contribution is 5.83. The summed E-state index contributed by atoms with van der Waals surface area (Å²) in [6.07, 6.45) is 4.07. The molecule has 0 aromatic carbocycles. The molecule has 3 N–H and O–H groups in total. The lowest BCUT2D eigenvalue weighted by molar-refractivity contribution is -0.352. The number of esters is 5. The van der Waals surface area contributed by atoms with Crippen LogP contribution >= 0.6 is 0 Å². The van der Waals surface area contributed by atoms with Crippen molar-refractivity contribution in [1.29, 1.82) is 0 Å². The smallest absolute Gasteiger partial charge is 0.331 e. The Bertz CT molecular complexity index is 1710. The van der Waals surface area contributed by atoms with Crippen LogP contribution in [-0.2, 0) is 61.9 Å². The van der Waals surface area contributed by atoms with Crippen molar-refractivity contribution in [2.45, 2.75) is 186 Å². The quantitative estimate of drug-likeness (QED) is 0.0860. The zero-order valence-corrected chi connectivity index (χ0v) is 38.3. The van der Waals surface area contributed by atoms with Crippen molar-refractivity contribution in [3.05, 3.63) is 48.1 Å². The fourth-order valence-corrected chi connectivity index (χ4v) is 8.92. The number of aliphatic hydroxyl groups excluding tert-OH is 2. The summed E-state index contributed by atoms with van der Waals surface area (Å²) in [6, 6.07) is 0. The molecular formula is C47H70O16. The summed E-state index contributed by atoms with van der Waals surface area (Å²) in [4.78, 5) is 64.7. The maximum absolute atomic E-state index is 13.4. The van der Waals surface area contributed by atoms with E-state index in [1.54, 1.807) is 32.1 Å². The number of carbonyl (C=O) groups is 5. The van der Waals surface area contributed by atoms with E-state index in [9.17, 15) is 39.3 Å². The molecule has 16 nitrogen and oxygen atoms in total. The number of fused-ring (bicyclic) bond motifs is 6. The van der Waals surface area contributed by atoms with Gasteiger partial charge < -0.3 is 53.2 Å². The van der Waals surface area contributed by atoms with E-state index < -0.39 is 120 Å². The minimum atomic E-state index is -2.35. The van der Waals surface area contributed by atoms with E-state index in [1.807, 2.05) is 26.8 Å². The Hall–Kier alpha value is -3.93. The molecule has 0 spiro atoms. The van der Waals surface area contributed by atoms with Crippen LogP contribution in [0.4, 0.5) is 0 Å². The molecule has 63 heavy (non-hydrogen) atoms. The second kappa shape index (κ2) is 22.8. The van der Waals surface area contributed by atoms with E-state index in [0.29, 0.717) is 6.42 Å². The molecule has 4 aliphatic rings. The predicted molar refractivity (Wildman–Crippen MR) is 227 cm³/mol. The lowest BCUT2D eigenvalue weighted by atomic mass is 9.71. The normalized spacial score (nSPS) is 35.5. The summed E-state index contributed by atoms with van der Waals surface area (Å²) in [6.45, 7) is 12.0. The molecule has 0 aromatic rings. The zero-order valence-electron chi connectivity index (χ0n) is 38.3. The highest BCUT2D eigenvalue weighted by atomic mass is 16.7. The Morgan fingerprint density at radius 2 is 1.63 bits per heavy atom. The summed E-state index contributed by atoms with van der Waals surface area (Å²) in [5.74, 6) is -6.50. The third-order valence-corrected chi connectivity index (χ3v) is 12.6. The summed E-state index contributed by atoms with van der Waals surface area (Å²) in [5, 5.41) is 35.1. The summed E-state index contributed by atoms with van der Waals surface area (Å²) >= 11 is 0. The van der Waals surface area contributed by atoms with Crippen molar-refractivity contribution in [1.82, 2.24) is 0 Å². The Morgan fingerprint density at radius 3 is 2.29 bits per heavy atom. The molecule has 16 heteroatoms. The minimum Gasteiger partial charge on any atom is -0.469 e. The van der Waals surface area contributed by atoms with Gasteiger partial charge in [0.1, 0.15) is 12.2 Å². The van der Waals surface area contributed by atoms with Gasteiger partial charge in [0.15, 0.2) is 6.10 Å². The van der Waals surface area contributed by atoms with Crippen molar-refractivity contribution in [3.63, 3.8) is 0 Å². The van der Waals surface area contributed by atoms with Crippen LogP contribution in [0, 0.1) is 16.7 Å².